The van der Waals surface area contributed by atoms with Crippen LogP contribution in [0, 0.1) is 27.7 Å². The number of hydrogen-bond donors (Lipinski definition) is 0. The molecule has 0 spiro atoms. The van der Waals surface area contributed by atoms with Crippen LogP contribution in [0.25, 0.3) is 11.1 Å². The molecule has 0 aliphatic heterocycles. The minimum Gasteiger partial charge on any atom is -0.255 e. The Hall–Kier alpha value is -1.01. The van der Waals surface area contributed by atoms with E-state index >= 15 is 0 Å². The van der Waals surface area contributed by atoms with Crippen molar-refractivity contribution in [1.29, 1.82) is 0 Å². The Bertz CT molecular complexity index is 1170. The molecule has 0 amide bonds. The number of benzene rings is 2. The van der Waals surface area contributed by atoms with Crippen LogP contribution in [-0.2, 0) is 33.0 Å². The molecule has 0 bridgehead atoms. The van der Waals surface area contributed by atoms with Crippen molar-refractivity contribution < 1.29 is 33.0 Å². The SMILES string of the molecule is Br.Br.Br.Br.Cc1cc(-c2cc(C)c(N=Cc3ccccn3)c(C)c2)cc(C)c1N=Cc1ccccn1.[Ni].[Ni]. The first-order valence-electron chi connectivity index (χ1n) is 10.6. The molecule has 4 rings (SSSR count). The summed E-state index contributed by atoms with van der Waals surface area (Å²) in [5.74, 6) is 0. The van der Waals surface area contributed by atoms with E-state index in [-0.39, 0.29) is 101 Å². The van der Waals surface area contributed by atoms with Crippen molar-refractivity contribution in [2.45, 2.75) is 27.7 Å². The fraction of sp³-hybridized carbons (Fsp3) is 0.143. The van der Waals surface area contributed by atoms with Crippen LogP contribution in [-0.4, -0.2) is 22.4 Å². The molecule has 0 saturated carbocycles. The van der Waals surface area contributed by atoms with E-state index in [0.29, 0.717) is 0 Å². The number of aliphatic imine (C=N–C) groups is 2. The number of pyridine rings is 2. The number of nitrogens with zero attached hydrogens (tertiary/aromatic N) is 4. The molecule has 38 heavy (non-hydrogen) atoms. The van der Waals surface area contributed by atoms with Gasteiger partial charge in [-0.05, 0) is 110 Å². The molecule has 0 radical (unpaired) electrons. The number of rotatable bonds is 5. The molecule has 0 unspecified atom stereocenters. The van der Waals surface area contributed by atoms with E-state index < -0.39 is 0 Å². The Morgan fingerprint density at radius 1 is 0.526 bits per heavy atom. The van der Waals surface area contributed by atoms with Crippen LogP contribution in [0.2, 0.25) is 0 Å². The summed E-state index contributed by atoms with van der Waals surface area (Å²) in [6.07, 6.45) is 7.19. The normalized spacial score (nSPS) is 9.68. The van der Waals surface area contributed by atoms with Gasteiger partial charge in [-0.1, -0.05) is 12.1 Å². The molecule has 2 aromatic heterocycles. The van der Waals surface area contributed by atoms with Crippen LogP contribution in [0.1, 0.15) is 33.6 Å². The molecule has 0 fully saturated rings. The molecular formula is C28H30Br4N4Ni2. The van der Waals surface area contributed by atoms with E-state index in [1.807, 2.05) is 48.8 Å². The fourth-order valence-electron chi connectivity index (χ4n) is 3.82. The van der Waals surface area contributed by atoms with Gasteiger partial charge in [-0.15, -0.1) is 67.9 Å². The number of aryl methyl sites for hydroxylation is 4. The second-order valence-corrected chi connectivity index (χ2v) is 7.94. The second-order valence-electron chi connectivity index (χ2n) is 7.94. The van der Waals surface area contributed by atoms with Gasteiger partial charge in [0.2, 0.25) is 0 Å². The summed E-state index contributed by atoms with van der Waals surface area (Å²) in [5.41, 5.74) is 10.6. The molecule has 2 heterocycles. The van der Waals surface area contributed by atoms with Gasteiger partial charge in [-0.2, -0.15) is 0 Å². The maximum absolute atomic E-state index is 4.70. The number of aromatic nitrogens is 2. The molecule has 10 heteroatoms. The van der Waals surface area contributed by atoms with Crippen molar-refractivity contribution in [3.05, 3.63) is 107 Å². The Morgan fingerprint density at radius 3 is 1.11 bits per heavy atom. The van der Waals surface area contributed by atoms with Gasteiger partial charge in [0.25, 0.3) is 0 Å². The number of halogens is 4. The Labute approximate surface area is 287 Å². The van der Waals surface area contributed by atoms with Gasteiger partial charge in [0, 0.05) is 45.4 Å². The largest absolute Gasteiger partial charge is 0.255 e. The minimum atomic E-state index is 0. The summed E-state index contributed by atoms with van der Waals surface area (Å²) in [6.45, 7) is 8.42. The molecule has 0 saturated heterocycles. The van der Waals surface area contributed by atoms with Gasteiger partial charge < -0.3 is 0 Å². The van der Waals surface area contributed by atoms with Gasteiger partial charge in [0.15, 0.2) is 0 Å². The summed E-state index contributed by atoms with van der Waals surface area (Å²) in [4.78, 5) is 18.0. The minimum absolute atomic E-state index is 0. The summed E-state index contributed by atoms with van der Waals surface area (Å²) in [6, 6.07) is 20.4. The zero-order valence-electron chi connectivity index (χ0n) is 21.1. The van der Waals surface area contributed by atoms with E-state index in [9.17, 15) is 0 Å². The van der Waals surface area contributed by atoms with Crippen molar-refractivity contribution in [2.75, 3.05) is 0 Å². The summed E-state index contributed by atoms with van der Waals surface area (Å²) < 4.78 is 0. The maximum atomic E-state index is 4.70. The van der Waals surface area contributed by atoms with Crippen LogP contribution in [0.15, 0.2) is 83.0 Å². The Balaban J connectivity index is -0.00000204. The fourth-order valence-corrected chi connectivity index (χ4v) is 3.82. The molecule has 4 nitrogen and oxygen atoms in total. The molecule has 0 aliphatic carbocycles. The van der Waals surface area contributed by atoms with Gasteiger partial charge in [0.05, 0.1) is 35.2 Å². The van der Waals surface area contributed by atoms with Gasteiger partial charge >= 0.3 is 0 Å². The topological polar surface area (TPSA) is 50.5 Å². The second kappa shape index (κ2) is 20.0. The van der Waals surface area contributed by atoms with Crippen molar-refractivity contribution in [2.24, 2.45) is 9.98 Å². The molecular weight excluding hydrogens is 829 g/mol. The third kappa shape index (κ3) is 10.9. The molecule has 0 atom stereocenters. The smallest absolute Gasteiger partial charge is 0.0812 e. The third-order valence-corrected chi connectivity index (χ3v) is 5.34. The van der Waals surface area contributed by atoms with E-state index in [2.05, 4.69) is 61.9 Å². The average molecular weight is 860 g/mol. The Kier molecular flexibility index (Phi) is 21.8. The summed E-state index contributed by atoms with van der Waals surface area (Å²) >= 11 is 0. The standard InChI is InChI=1S/C28H26N4.4BrH.2Ni/c1-19-13-23(14-20(2)27(19)31-17-25-9-5-7-11-29-25)24-15-21(3)28(22(4)16-24)32-18-26-10-6-8-12-30-26;;;;;;/h5-18H,1-4H3;4*1H;;. The van der Waals surface area contributed by atoms with Crippen LogP contribution >= 0.6 is 67.9 Å². The van der Waals surface area contributed by atoms with Crippen LogP contribution in [0.4, 0.5) is 11.4 Å². The van der Waals surface area contributed by atoms with E-state index in [4.69, 9.17) is 9.98 Å². The maximum Gasteiger partial charge on any atom is 0.0812 e. The monoisotopic (exact) mass is 854 g/mol. The Morgan fingerprint density at radius 2 is 0.842 bits per heavy atom. The van der Waals surface area contributed by atoms with Crippen LogP contribution < -0.4 is 0 Å². The van der Waals surface area contributed by atoms with Crippen molar-refractivity contribution in [1.82, 2.24) is 9.97 Å². The van der Waals surface area contributed by atoms with Gasteiger partial charge in [0.1, 0.15) is 0 Å². The number of hydrogen-bond acceptors (Lipinski definition) is 4. The average Bonchev–Trinajstić information content (AvgIpc) is 2.79. The van der Waals surface area contributed by atoms with Gasteiger partial charge in [-0.3, -0.25) is 20.0 Å². The van der Waals surface area contributed by atoms with Crippen molar-refractivity contribution in [3.8, 4) is 11.1 Å². The van der Waals surface area contributed by atoms with E-state index in [0.717, 1.165) is 45.0 Å². The molecule has 0 N–H and O–H groups in total. The molecule has 210 valence electrons. The predicted molar refractivity (Wildman–Crippen MR) is 175 cm³/mol. The summed E-state index contributed by atoms with van der Waals surface area (Å²) in [5, 5.41) is 0. The summed E-state index contributed by atoms with van der Waals surface area (Å²) in [7, 11) is 0. The molecule has 2 aromatic carbocycles. The first-order valence-corrected chi connectivity index (χ1v) is 10.6. The van der Waals surface area contributed by atoms with Crippen LogP contribution in [0.5, 0.6) is 0 Å². The van der Waals surface area contributed by atoms with Crippen LogP contribution in [0.3, 0.4) is 0 Å². The van der Waals surface area contributed by atoms with E-state index in [1.165, 1.54) is 11.1 Å². The third-order valence-electron chi connectivity index (χ3n) is 5.34. The van der Waals surface area contributed by atoms with Gasteiger partial charge in [-0.25, -0.2) is 0 Å². The van der Waals surface area contributed by atoms with Crippen molar-refractivity contribution >= 4 is 91.7 Å². The predicted octanol–water partition coefficient (Wildman–Crippen LogP) is 9.19. The first kappa shape index (κ1) is 41.5. The molecule has 0 aliphatic rings. The zero-order valence-corrected chi connectivity index (χ0v) is 30.0. The van der Waals surface area contributed by atoms with Crippen molar-refractivity contribution in [3.63, 3.8) is 0 Å². The van der Waals surface area contributed by atoms with E-state index in [1.54, 1.807) is 12.4 Å². The molecule has 4 aromatic rings. The quantitative estimate of drug-likeness (QED) is 0.149. The zero-order chi connectivity index (χ0) is 22.5. The first-order chi connectivity index (χ1) is 15.5.